The highest BCUT2D eigenvalue weighted by atomic mass is 32.1. The molecular weight excluding hydrogens is 286 g/mol. The van der Waals surface area contributed by atoms with Crippen molar-refractivity contribution in [3.05, 3.63) is 40.8 Å². The molecule has 112 valence electrons. The van der Waals surface area contributed by atoms with Crippen LogP contribution >= 0.6 is 11.3 Å². The van der Waals surface area contributed by atoms with Gasteiger partial charge in [-0.1, -0.05) is 41.7 Å². The monoisotopic (exact) mass is 305 g/mol. The number of hydrogen-bond donors (Lipinski definition) is 1. The Morgan fingerprint density at radius 1 is 1.38 bits per heavy atom. The van der Waals surface area contributed by atoms with Crippen molar-refractivity contribution in [2.24, 2.45) is 0 Å². The number of hydrogen-bond acceptors (Lipinski definition) is 6. The van der Waals surface area contributed by atoms with Crippen molar-refractivity contribution < 1.29 is 9.53 Å². The van der Waals surface area contributed by atoms with E-state index in [0.717, 1.165) is 16.9 Å². The maximum atomic E-state index is 11.9. The van der Waals surface area contributed by atoms with Crippen molar-refractivity contribution in [3.63, 3.8) is 0 Å². The number of ether oxygens (including phenoxy) is 1. The minimum atomic E-state index is -0.405. The summed E-state index contributed by atoms with van der Waals surface area (Å²) in [4.78, 5) is 18.7. The first-order valence-electron chi connectivity index (χ1n) is 6.68. The molecule has 0 unspecified atom stereocenters. The van der Waals surface area contributed by atoms with Crippen molar-refractivity contribution in [1.29, 1.82) is 0 Å². The highest BCUT2D eigenvalue weighted by molar-refractivity contribution is 7.17. The highest BCUT2D eigenvalue weighted by Gasteiger charge is 2.24. The Kier molecular flexibility index (Phi) is 4.80. The predicted molar refractivity (Wildman–Crippen MR) is 85.6 cm³/mol. The van der Waals surface area contributed by atoms with E-state index in [4.69, 9.17) is 10.5 Å². The molecule has 0 saturated heterocycles. The molecule has 0 radical (unpaired) electrons. The number of rotatable bonds is 5. The zero-order valence-corrected chi connectivity index (χ0v) is 13.2. The van der Waals surface area contributed by atoms with E-state index in [1.807, 2.05) is 30.3 Å². The number of methoxy groups -OCH3 is 1. The Bertz CT molecular complexity index is 611. The van der Waals surface area contributed by atoms with Crippen molar-refractivity contribution >= 4 is 28.3 Å². The summed E-state index contributed by atoms with van der Waals surface area (Å²) in [5.74, 6) is 0.182. The van der Waals surface area contributed by atoms with Crippen LogP contribution < -0.4 is 10.6 Å². The Balaban J connectivity index is 2.37. The van der Waals surface area contributed by atoms with E-state index in [1.54, 1.807) is 0 Å². The SMILES string of the molecule is COC(=O)c1sc(N)nc1N(Cc1ccccc1)C(C)C. The molecule has 2 N–H and O–H groups in total. The number of carbonyl (C=O) groups is 1. The quantitative estimate of drug-likeness (QED) is 0.860. The van der Waals surface area contributed by atoms with Gasteiger partial charge in [-0.25, -0.2) is 9.78 Å². The van der Waals surface area contributed by atoms with E-state index < -0.39 is 5.97 Å². The van der Waals surface area contributed by atoms with Crippen LogP contribution in [-0.2, 0) is 11.3 Å². The van der Waals surface area contributed by atoms with Crippen molar-refractivity contribution in [2.45, 2.75) is 26.4 Å². The zero-order chi connectivity index (χ0) is 15.4. The van der Waals surface area contributed by atoms with Gasteiger partial charge >= 0.3 is 5.97 Å². The fourth-order valence-corrected chi connectivity index (χ4v) is 2.79. The number of nitrogens with zero attached hydrogens (tertiary/aromatic N) is 2. The van der Waals surface area contributed by atoms with Crippen LogP contribution in [0.25, 0.3) is 0 Å². The molecule has 0 spiro atoms. The second kappa shape index (κ2) is 6.58. The summed E-state index contributed by atoms with van der Waals surface area (Å²) >= 11 is 1.15. The van der Waals surface area contributed by atoms with Gasteiger partial charge in [0, 0.05) is 12.6 Å². The summed E-state index contributed by atoms with van der Waals surface area (Å²) in [5, 5.41) is 0.365. The van der Waals surface area contributed by atoms with Crippen LogP contribution in [0, 0.1) is 0 Å². The van der Waals surface area contributed by atoms with Crippen molar-refractivity contribution in [1.82, 2.24) is 4.98 Å². The summed E-state index contributed by atoms with van der Waals surface area (Å²) in [6.07, 6.45) is 0. The van der Waals surface area contributed by atoms with E-state index in [-0.39, 0.29) is 6.04 Å². The first kappa shape index (κ1) is 15.3. The van der Waals surface area contributed by atoms with Crippen LogP contribution in [-0.4, -0.2) is 24.1 Å². The molecule has 6 heteroatoms. The van der Waals surface area contributed by atoms with E-state index in [9.17, 15) is 4.79 Å². The van der Waals surface area contributed by atoms with Gasteiger partial charge in [0.1, 0.15) is 0 Å². The molecule has 1 heterocycles. The van der Waals surface area contributed by atoms with Gasteiger partial charge in [0.2, 0.25) is 0 Å². The smallest absolute Gasteiger partial charge is 0.352 e. The average Bonchev–Trinajstić information content (AvgIpc) is 2.86. The molecule has 0 fully saturated rings. The number of nitrogen functional groups attached to an aromatic ring is 1. The van der Waals surface area contributed by atoms with Crippen LogP contribution in [0.3, 0.4) is 0 Å². The van der Waals surface area contributed by atoms with Crippen molar-refractivity contribution in [3.8, 4) is 0 Å². The molecular formula is C15H19N3O2S. The van der Waals surface area contributed by atoms with Crippen LogP contribution in [0.4, 0.5) is 10.9 Å². The minimum Gasteiger partial charge on any atom is -0.465 e. The van der Waals surface area contributed by atoms with E-state index in [0.29, 0.717) is 22.4 Å². The molecule has 0 atom stereocenters. The van der Waals surface area contributed by atoms with E-state index >= 15 is 0 Å². The maximum Gasteiger partial charge on any atom is 0.352 e. The number of esters is 1. The van der Waals surface area contributed by atoms with Gasteiger partial charge in [0.05, 0.1) is 7.11 Å². The summed E-state index contributed by atoms with van der Waals surface area (Å²) < 4.78 is 4.82. The van der Waals surface area contributed by atoms with Crippen LogP contribution in [0.1, 0.15) is 29.1 Å². The number of carbonyl (C=O) groups excluding carboxylic acids is 1. The largest absolute Gasteiger partial charge is 0.465 e. The summed E-state index contributed by atoms with van der Waals surface area (Å²) in [7, 11) is 1.36. The summed E-state index contributed by atoms with van der Waals surface area (Å²) in [5.41, 5.74) is 6.92. The van der Waals surface area contributed by atoms with Gasteiger partial charge in [-0.3, -0.25) is 0 Å². The molecule has 2 aromatic rings. The van der Waals surface area contributed by atoms with E-state index in [1.165, 1.54) is 7.11 Å². The molecule has 2 rings (SSSR count). The van der Waals surface area contributed by atoms with Gasteiger partial charge in [0.15, 0.2) is 15.8 Å². The summed E-state index contributed by atoms with van der Waals surface area (Å²) in [6.45, 7) is 4.77. The topological polar surface area (TPSA) is 68.5 Å². The van der Waals surface area contributed by atoms with Crippen LogP contribution in [0.5, 0.6) is 0 Å². The molecule has 0 aliphatic heterocycles. The fraction of sp³-hybridized carbons (Fsp3) is 0.333. The molecule has 5 nitrogen and oxygen atoms in total. The highest BCUT2D eigenvalue weighted by Crippen LogP contribution is 2.31. The van der Waals surface area contributed by atoms with Gasteiger partial charge < -0.3 is 15.4 Å². The first-order valence-corrected chi connectivity index (χ1v) is 7.49. The summed E-state index contributed by atoms with van der Waals surface area (Å²) in [6, 6.07) is 10.2. The number of anilines is 2. The fourth-order valence-electron chi connectivity index (χ4n) is 2.03. The molecule has 0 aliphatic rings. The zero-order valence-electron chi connectivity index (χ0n) is 12.4. The van der Waals surface area contributed by atoms with Gasteiger partial charge in [-0.15, -0.1) is 0 Å². The van der Waals surface area contributed by atoms with Gasteiger partial charge in [-0.2, -0.15) is 0 Å². The average molecular weight is 305 g/mol. The Labute approximate surface area is 128 Å². The molecule has 21 heavy (non-hydrogen) atoms. The Morgan fingerprint density at radius 3 is 2.62 bits per heavy atom. The number of thiazole rings is 1. The van der Waals surface area contributed by atoms with Crippen LogP contribution in [0.15, 0.2) is 30.3 Å². The predicted octanol–water partition coefficient (Wildman–Crippen LogP) is 2.93. The third-order valence-corrected chi connectivity index (χ3v) is 3.94. The normalized spacial score (nSPS) is 10.7. The molecule has 0 saturated carbocycles. The van der Waals surface area contributed by atoms with Gasteiger partial charge in [0.25, 0.3) is 0 Å². The lowest BCUT2D eigenvalue weighted by Gasteiger charge is -2.27. The molecule has 0 amide bonds. The Hall–Kier alpha value is -2.08. The second-order valence-electron chi connectivity index (χ2n) is 4.90. The maximum absolute atomic E-state index is 11.9. The minimum absolute atomic E-state index is 0.176. The molecule has 1 aromatic heterocycles. The Morgan fingerprint density at radius 2 is 2.05 bits per heavy atom. The second-order valence-corrected chi connectivity index (χ2v) is 5.93. The number of benzene rings is 1. The van der Waals surface area contributed by atoms with Crippen LogP contribution in [0.2, 0.25) is 0 Å². The molecule has 0 aliphatic carbocycles. The third kappa shape index (κ3) is 3.52. The van der Waals surface area contributed by atoms with Crippen molar-refractivity contribution in [2.75, 3.05) is 17.7 Å². The molecule has 1 aromatic carbocycles. The van der Waals surface area contributed by atoms with Gasteiger partial charge in [-0.05, 0) is 19.4 Å². The number of nitrogens with two attached hydrogens (primary N) is 1. The lowest BCUT2D eigenvalue weighted by Crippen LogP contribution is -2.31. The van der Waals surface area contributed by atoms with E-state index in [2.05, 4.69) is 23.7 Å². The molecule has 0 bridgehead atoms. The number of aromatic nitrogens is 1. The first-order chi connectivity index (χ1) is 10.0. The third-order valence-electron chi connectivity index (χ3n) is 3.09. The lowest BCUT2D eigenvalue weighted by atomic mass is 10.2. The standard InChI is InChI=1S/C15H19N3O2S/c1-10(2)18(9-11-7-5-4-6-8-11)13-12(14(19)20-3)21-15(16)17-13/h4-8,10H,9H2,1-3H3,(H2,16,17). The lowest BCUT2D eigenvalue weighted by molar-refractivity contribution is 0.0606.